The Balaban J connectivity index is 2.84. The minimum absolute atomic E-state index is 0.0286. The van der Waals surface area contributed by atoms with E-state index in [1.165, 1.54) is 0 Å². The quantitative estimate of drug-likeness (QED) is 0.749. The van der Waals surface area contributed by atoms with Crippen molar-refractivity contribution in [3.05, 3.63) is 29.1 Å². The maximum atomic E-state index is 12.5. The van der Waals surface area contributed by atoms with E-state index in [1.54, 1.807) is 19.1 Å². The maximum absolute atomic E-state index is 12.5. The largest absolute Gasteiger partial charge is 0.383 e. The highest BCUT2D eigenvalue weighted by Crippen LogP contribution is 2.10. The van der Waals surface area contributed by atoms with E-state index in [9.17, 15) is 4.79 Å². The van der Waals surface area contributed by atoms with Crippen molar-refractivity contribution in [2.24, 2.45) is 0 Å². The Labute approximate surface area is 114 Å². The van der Waals surface area contributed by atoms with Crippen LogP contribution in [-0.4, -0.2) is 56.3 Å². The summed E-state index contributed by atoms with van der Waals surface area (Å²) in [7, 11) is 3.25. The van der Waals surface area contributed by atoms with Gasteiger partial charge in [-0.3, -0.25) is 9.78 Å². The third kappa shape index (κ3) is 4.61. The highest BCUT2D eigenvalue weighted by Gasteiger charge is 2.17. The summed E-state index contributed by atoms with van der Waals surface area (Å²) in [5, 5.41) is 0. The number of aromatic nitrogens is 1. The molecular formula is C14H22N2O3. The number of pyridine rings is 1. The first-order valence-corrected chi connectivity index (χ1v) is 6.31. The van der Waals surface area contributed by atoms with Gasteiger partial charge in [-0.2, -0.15) is 0 Å². The molecule has 0 aliphatic rings. The van der Waals surface area contributed by atoms with Crippen molar-refractivity contribution in [3.63, 3.8) is 0 Å². The predicted octanol–water partition coefficient (Wildman–Crippen LogP) is 1.43. The third-order valence-corrected chi connectivity index (χ3v) is 2.87. The number of carbonyl (C=O) groups excluding carboxylic acids is 1. The molecule has 0 saturated heterocycles. The summed E-state index contributed by atoms with van der Waals surface area (Å²) >= 11 is 0. The minimum Gasteiger partial charge on any atom is -0.383 e. The Hall–Kier alpha value is -1.46. The SMILES string of the molecule is COCCN(CCOC)C(=O)c1ccc(C)nc1C. The number of amides is 1. The van der Waals surface area contributed by atoms with Gasteiger partial charge in [0.15, 0.2) is 0 Å². The lowest BCUT2D eigenvalue weighted by Crippen LogP contribution is -2.37. The Morgan fingerprint density at radius 1 is 1.16 bits per heavy atom. The average Bonchev–Trinajstić information content (AvgIpc) is 2.38. The number of hydrogen-bond donors (Lipinski definition) is 0. The Morgan fingerprint density at radius 3 is 2.21 bits per heavy atom. The second-order valence-electron chi connectivity index (χ2n) is 4.36. The van der Waals surface area contributed by atoms with Gasteiger partial charge in [-0.25, -0.2) is 0 Å². The fraction of sp³-hybridized carbons (Fsp3) is 0.571. The number of carbonyl (C=O) groups is 1. The molecule has 0 atom stereocenters. The second-order valence-corrected chi connectivity index (χ2v) is 4.36. The molecular weight excluding hydrogens is 244 g/mol. The molecule has 0 spiro atoms. The van der Waals surface area contributed by atoms with Gasteiger partial charge < -0.3 is 14.4 Å². The van der Waals surface area contributed by atoms with Crippen LogP contribution in [0.2, 0.25) is 0 Å². The maximum Gasteiger partial charge on any atom is 0.255 e. The first-order chi connectivity index (χ1) is 9.10. The molecule has 0 N–H and O–H groups in total. The molecule has 1 amide bonds. The van der Waals surface area contributed by atoms with Crippen molar-refractivity contribution in [2.75, 3.05) is 40.5 Å². The lowest BCUT2D eigenvalue weighted by atomic mass is 10.1. The lowest BCUT2D eigenvalue weighted by molar-refractivity contribution is 0.0626. The zero-order chi connectivity index (χ0) is 14.3. The van der Waals surface area contributed by atoms with Crippen molar-refractivity contribution < 1.29 is 14.3 Å². The van der Waals surface area contributed by atoms with Gasteiger partial charge in [0.25, 0.3) is 5.91 Å². The van der Waals surface area contributed by atoms with E-state index in [4.69, 9.17) is 9.47 Å². The summed E-state index contributed by atoms with van der Waals surface area (Å²) in [6, 6.07) is 3.68. The third-order valence-electron chi connectivity index (χ3n) is 2.87. The van der Waals surface area contributed by atoms with E-state index in [2.05, 4.69) is 4.98 Å². The summed E-state index contributed by atoms with van der Waals surface area (Å²) in [6.45, 7) is 5.87. The van der Waals surface area contributed by atoms with Crippen LogP contribution in [-0.2, 0) is 9.47 Å². The molecule has 1 aromatic rings. The Bertz CT molecular complexity index is 413. The molecule has 0 aromatic carbocycles. The molecule has 0 aliphatic heterocycles. The summed E-state index contributed by atoms with van der Waals surface area (Å²) in [6.07, 6.45) is 0. The molecule has 0 unspecified atom stereocenters. The van der Waals surface area contributed by atoms with Crippen LogP contribution in [0.5, 0.6) is 0 Å². The molecule has 0 bridgehead atoms. The number of nitrogens with zero attached hydrogens (tertiary/aromatic N) is 2. The zero-order valence-electron chi connectivity index (χ0n) is 12.1. The van der Waals surface area contributed by atoms with Crippen molar-refractivity contribution in [1.29, 1.82) is 0 Å². The number of ether oxygens (including phenoxy) is 2. The molecule has 5 heteroatoms. The van der Waals surface area contributed by atoms with Crippen LogP contribution in [0.1, 0.15) is 21.7 Å². The summed E-state index contributed by atoms with van der Waals surface area (Å²) < 4.78 is 10.1. The number of aryl methyl sites for hydroxylation is 2. The van der Waals surface area contributed by atoms with Crippen molar-refractivity contribution in [3.8, 4) is 0 Å². The second kappa shape index (κ2) is 7.86. The van der Waals surface area contributed by atoms with E-state index in [1.807, 2.05) is 26.0 Å². The van der Waals surface area contributed by atoms with Crippen LogP contribution in [0.25, 0.3) is 0 Å². The van der Waals surface area contributed by atoms with E-state index in [0.717, 1.165) is 11.4 Å². The summed E-state index contributed by atoms with van der Waals surface area (Å²) in [4.78, 5) is 18.5. The summed E-state index contributed by atoms with van der Waals surface area (Å²) in [5.74, 6) is -0.0286. The monoisotopic (exact) mass is 266 g/mol. The first kappa shape index (κ1) is 15.6. The molecule has 1 aromatic heterocycles. The van der Waals surface area contributed by atoms with Gasteiger partial charge in [0.1, 0.15) is 0 Å². The first-order valence-electron chi connectivity index (χ1n) is 6.31. The van der Waals surface area contributed by atoms with E-state index in [0.29, 0.717) is 31.9 Å². The molecule has 19 heavy (non-hydrogen) atoms. The fourth-order valence-electron chi connectivity index (χ4n) is 1.80. The highest BCUT2D eigenvalue weighted by atomic mass is 16.5. The average molecular weight is 266 g/mol. The van der Waals surface area contributed by atoms with Gasteiger partial charge in [0.05, 0.1) is 24.5 Å². The van der Waals surface area contributed by atoms with E-state index < -0.39 is 0 Å². The van der Waals surface area contributed by atoms with Crippen LogP contribution < -0.4 is 0 Å². The smallest absolute Gasteiger partial charge is 0.255 e. The number of hydrogen-bond acceptors (Lipinski definition) is 4. The minimum atomic E-state index is -0.0286. The highest BCUT2D eigenvalue weighted by molar-refractivity contribution is 5.95. The van der Waals surface area contributed by atoms with Crippen LogP contribution in [0.4, 0.5) is 0 Å². The molecule has 0 radical (unpaired) electrons. The normalized spacial score (nSPS) is 10.5. The van der Waals surface area contributed by atoms with Gasteiger partial charge in [0, 0.05) is 33.0 Å². The lowest BCUT2D eigenvalue weighted by Gasteiger charge is -2.22. The molecule has 0 saturated carbocycles. The van der Waals surface area contributed by atoms with Crippen LogP contribution in [0, 0.1) is 13.8 Å². The van der Waals surface area contributed by atoms with Crippen LogP contribution in [0.3, 0.4) is 0 Å². The molecule has 106 valence electrons. The fourth-order valence-corrected chi connectivity index (χ4v) is 1.80. The Morgan fingerprint density at radius 2 is 1.74 bits per heavy atom. The van der Waals surface area contributed by atoms with E-state index in [-0.39, 0.29) is 5.91 Å². The predicted molar refractivity (Wildman–Crippen MR) is 73.4 cm³/mol. The molecule has 0 aliphatic carbocycles. The number of rotatable bonds is 7. The van der Waals surface area contributed by atoms with Crippen LogP contribution >= 0.6 is 0 Å². The molecule has 5 nitrogen and oxygen atoms in total. The van der Waals surface area contributed by atoms with Gasteiger partial charge in [0.2, 0.25) is 0 Å². The van der Waals surface area contributed by atoms with Gasteiger partial charge in [-0.15, -0.1) is 0 Å². The van der Waals surface area contributed by atoms with Gasteiger partial charge in [-0.05, 0) is 26.0 Å². The standard InChI is InChI=1S/C14H22N2O3/c1-11-5-6-13(12(2)15-11)14(17)16(7-9-18-3)8-10-19-4/h5-6H,7-10H2,1-4H3. The van der Waals surface area contributed by atoms with Crippen molar-refractivity contribution >= 4 is 5.91 Å². The van der Waals surface area contributed by atoms with E-state index >= 15 is 0 Å². The zero-order valence-corrected chi connectivity index (χ0v) is 12.1. The van der Waals surface area contributed by atoms with Crippen LogP contribution in [0.15, 0.2) is 12.1 Å². The Kier molecular flexibility index (Phi) is 6.45. The topological polar surface area (TPSA) is 51.7 Å². The molecule has 0 fully saturated rings. The van der Waals surface area contributed by atoms with Crippen molar-refractivity contribution in [2.45, 2.75) is 13.8 Å². The molecule has 1 rings (SSSR count). The molecule has 1 heterocycles. The summed E-state index contributed by atoms with van der Waals surface area (Å²) in [5.41, 5.74) is 2.30. The van der Waals surface area contributed by atoms with Gasteiger partial charge in [-0.1, -0.05) is 0 Å². The number of methoxy groups -OCH3 is 2. The van der Waals surface area contributed by atoms with Gasteiger partial charge >= 0.3 is 0 Å². The van der Waals surface area contributed by atoms with Crippen molar-refractivity contribution in [1.82, 2.24) is 9.88 Å².